The molecule has 1 aliphatic rings. The first-order valence-corrected chi connectivity index (χ1v) is 7.22. The second kappa shape index (κ2) is 6.01. The molecular weight excluding hydrogens is 313 g/mol. The largest absolute Gasteiger partial charge is 0.393 e. The van der Waals surface area contributed by atoms with E-state index in [1.54, 1.807) is 24.0 Å². The van der Waals surface area contributed by atoms with Gasteiger partial charge in [-0.2, -0.15) is 0 Å². The minimum atomic E-state index is -0.433. The maximum atomic E-state index is 13.5. The third-order valence-electron chi connectivity index (χ3n) is 3.42. The summed E-state index contributed by atoms with van der Waals surface area (Å²) in [5.41, 5.74) is 0.359. The Labute approximate surface area is 120 Å². The molecule has 0 spiro atoms. The second-order valence-corrected chi connectivity index (χ2v) is 5.86. The van der Waals surface area contributed by atoms with E-state index in [1.165, 1.54) is 6.07 Å². The van der Waals surface area contributed by atoms with Crippen LogP contribution in [0.2, 0.25) is 0 Å². The molecule has 1 fully saturated rings. The molecule has 1 saturated heterocycles. The Kier molecular flexibility index (Phi) is 4.58. The van der Waals surface area contributed by atoms with Crippen molar-refractivity contribution in [2.45, 2.75) is 38.3 Å². The highest BCUT2D eigenvalue weighted by atomic mass is 79.9. The molecule has 1 aromatic carbocycles. The number of aliphatic hydroxyl groups is 1. The molecule has 1 aliphatic heterocycles. The molecule has 19 heavy (non-hydrogen) atoms. The first-order chi connectivity index (χ1) is 8.99. The lowest BCUT2D eigenvalue weighted by atomic mass is 10.1. The van der Waals surface area contributed by atoms with Crippen LogP contribution in [-0.2, 0) is 0 Å². The molecule has 1 amide bonds. The van der Waals surface area contributed by atoms with E-state index in [4.69, 9.17) is 0 Å². The lowest BCUT2D eigenvalue weighted by Crippen LogP contribution is -2.37. The summed E-state index contributed by atoms with van der Waals surface area (Å²) in [7, 11) is 0. The Hall–Kier alpha value is -0.940. The highest BCUT2D eigenvalue weighted by Crippen LogP contribution is 2.25. The topological polar surface area (TPSA) is 40.5 Å². The number of aliphatic hydroxyl groups excluding tert-OH is 1. The Morgan fingerprint density at radius 3 is 3.00 bits per heavy atom. The molecule has 0 saturated carbocycles. The first kappa shape index (κ1) is 14.5. The summed E-state index contributed by atoms with van der Waals surface area (Å²) in [6.45, 7) is 2.40. The predicted molar refractivity (Wildman–Crippen MR) is 74.5 cm³/mol. The summed E-state index contributed by atoms with van der Waals surface area (Å²) in [6, 6.07) is 4.47. The molecule has 0 aliphatic carbocycles. The van der Waals surface area contributed by atoms with Gasteiger partial charge in [0.15, 0.2) is 0 Å². The van der Waals surface area contributed by atoms with Crippen LogP contribution in [0.1, 0.15) is 36.5 Å². The third-order valence-corrected chi connectivity index (χ3v) is 4.06. The van der Waals surface area contributed by atoms with Crippen LogP contribution in [0, 0.1) is 5.82 Å². The molecule has 1 heterocycles. The van der Waals surface area contributed by atoms with Gasteiger partial charge in [-0.05, 0) is 60.3 Å². The molecule has 0 aromatic heterocycles. The standard InChI is InChI=1S/C14H17BrFNO2/c1-9(18)7-11-3-2-6-17(11)14(19)10-4-5-12(15)13(16)8-10/h4-5,8-9,11,18H,2-3,6-7H2,1H3. The van der Waals surface area contributed by atoms with Gasteiger partial charge in [0.25, 0.3) is 5.91 Å². The minimum Gasteiger partial charge on any atom is -0.393 e. The molecular formula is C14H17BrFNO2. The SMILES string of the molecule is CC(O)CC1CCCN1C(=O)c1ccc(Br)c(F)c1. The van der Waals surface area contributed by atoms with Crippen LogP contribution < -0.4 is 0 Å². The highest BCUT2D eigenvalue weighted by molar-refractivity contribution is 9.10. The number of carbonyl (C=O) groups is 1. The number of amides is 1. The van der Waals surface area contributed by atoms with E-state index in [0.29, 0.717) is 23.0 Å². The summed E-state index contributed by atoms with van der Waals surface area (Å²) in [6.07, 6.45) is 1.97. The molecule has 5 heteroatoms. The number of benzene rings is 1. The van der Waals surface area contributed by atoms with Crippen molar-refractivity contribution in [3.05, 3.63) is 34.1 Å². The van der Waals surface area contributed by atoms with Crippen LogP contribution in [0.15, 0.2) is 22.7 Å². The molecule has 1 N–H and O–H groups in total. The van der Waals surface area contributed by atoms with Crippen molar-refractivity contribution in [2.75, 3.05) is 6.54 Å². The molecule has 2 atom stereocenters. The molecule has 3 nitrogen and oxygen atoms in total. The zero-order chi connectivity index (χ0) is 14.0. The fraction of sp³-hybridized carbons (Fsp3) is 0.500. The average molecular weight is 330 g/mol. The molecule has 0 radical (unpaired) electrons. The van der Waals surface area contributed by atoms with Crippen LogP contribution in [0.4, 0.5) is 4.39 Å². The summed E-state index contributed by atoms with van der Waals surface area (Å²) < 4.78 is 13.8. The van der Waals surface area contributed by atoms with Gasteiger partial charge in [0.05, 0.1) is 10.6 Å². The fourth-order valence-corrected chi connectivity index (χ4v) is 2.78. The molecule has 1 aromatic rings. The van der Waals surface area contributed by atoms with E-state index in [1.807, 2.05) is 0 Å². The summed E-state index contributed by atoms with van der Waals surface area (Å²) in [5, 5.41) is 9.46. The Bertz CT molecular complexity index is 479. The van der Waals surface area contributed by atoms with Crippen molar-refractivity contribution in [3.8, 4) is 0 Å². The van der Waals surface area contributed by atoms with Crippen LogP contribution >= 0.6 is 15.9 Å². The summed E-state index contributed by atoms with van der Waals surface area (Å²) >= 11 is 3.07. The number of hydrogen-bond acceptors (Lipinski definition) is 2. The van der Waals surface area contributed by atoms with E-state index in [-0.39, 0.29) is 11.9 Å². The number of hydrogen-bond donors (Lipinski definition) is 1. The van der Waals surface area contributed by atoms with E-state index < -0.39 is 11.9 Å². The van der Waals surface area contributed by atoms with E-state index >= 15 is 0 Å². The van der Waals surface area contributed by atoms with Gasteiger partial charge in [0, 0.05) is 18.2 Å². The lowest BCUT2D eigenvalue weighted by Gasteiger charge is -2.25. The number of rotatable bonds is 3. The van der Waals surface area contributed by atoms with Crippen molar-refractivity contribution in [2.24, 2.45) is 0 Å². The van der Waals surface area contributed by atoms with E-state index in [2.05, 4.69) is 15.9 Å². The lowest BCUT2D eigenvalue weighted by molar-refractivity contribution is 0.0681. The fourth-order valence-electron chi connectivity index (χ4n) is 2.54. The Morgan fingerprint density at radius 2 is 2.37 bits per heavy atom. The average Bonchev–Trinajstić information content (AvgIpc) is 2.79. The number of halogens is 2. The van der Waals surface area contributed by atoms with Gasteiger partial charge in [-0.15, -0.1) is 0 Å². The van der Waals surface area contributed by atoms with Gasteiger partial charge in [-0.25, -0.2) is 4.39 Å². The summed E-state index contributed by atoms with van der Waals surface area (Å²) in [4.78, 5) is 14.1. The second-order valence-electron chi connectivity index (χ2n) is 5.01. The van der Waals surface area contributed by atoms with E-state index in [0.717, 1.165) is 12.8 Å². The molecule has 0 bridgehead atoms. The zero-order valence-corrected chi connectivity index (χ0v) is 12.4. The van der Waals surface area contributed by atoms with Crippen LogP contribution in [0.5, 0.6) is 0 Å². The van der Waals surface area contributed by atoms with Crippen LogP contribution in [-0.4, -0.2) is 34.6 Å². The maximum Gasteiger partial charge on any atom is 0.254 e. The number of nitrogens with zero attached hydrogens (tertiary/aromatic N) is 1. The maximum absolute atomic E-state index is 13.5. The molecule has 2 rings (SSSR count). The van der Waals surface area contributed by atoms with Crippen molar-refractivity contribution in [1.82, 2.24) is 4.90 Å². The quantitative estimate of drug-likeness (QED) is 0.926. The molecule has 104 valence electrons. The van der Waals surface area contributed by atoms with Gasteiger partial charge in [-0.1, -0.05) is 0 Å². The number of carbonyl (C=O) groups excluding carboxylic acids is 1. The van der Waals surface area contributed by atoms with Crippen molar-refractivity contribution in [1.29, 1.82) is 0 Å². The van der Waals surface area contributed by atoms with Gasteiger partial charge in [0.2, 0.25) is 0 Å². The summed E-state index contributed by atoms with van der Waals surface area (Å²) in [5.74, 6) is -0.591. The number of likely N-dealkylation sites (tertiary alicyclic amines) is 1. The smallest absolute Gasteiger partial charge is 0.254 e. The van der Waals surface area contributed by atoms with Crippen molar-refractivity contribution >= 4 is 21.8 Å². The first-order valence-electron chi connectivity index (χ1n) is 6.43. The highest BCUT2D eigenvalue weighted by Gasteiger charge is 2.30. The van der Waals surface area contributed by atoms with Gasteiger partial charge < -0.3 is 10.0 Å². The van der Waals surface area contributed by atoms with Crippen molar-refractivity contribution in [3.63, 3.8) is 0 Å². The third kappa shape index (κ3) is 3.34. The van der Waals surface area contributed by atoms with E-state index in [9.17, 15) is 14.3 Å². The van der Waals surface area contributed by atoms with Crippen molar-refractivity contribution < 1.29 is 14.3 Å². The molecule has 2 unspecified atom stereocenters. The Morgan fingerprint density at radius 1 is 1.63 bits per heavy atom. The van der Waals surface area contributed by atoms with Crippen LogP contribution in [0.25, 0.3) is 0 Å². The van der Waals surface area contributed by atoms with Gasteiger partial charge >= 0.3 is 0 Å². The Balaban J connectivity index is 2.16. The van der Waals surface area contributed by atoms with Gasteiger partial charge in [0.1, 0.15) is 5.82 Å². The van der Waals surface area contributed by atoms with Gasteiger partial charge in [-0.3, -0.25) is 4.79 Å². The monoisotopic (exact) mass is 329 g/mol. The predicted octanol–water partition coefficient (Wildman–Crippen LogP) is 2.96. The van der Waals surface area contributed by atoms with Crippen LogP contribution in [0.3, 0.4) is 0 Å². The minimum absolute atomic E-state index is 0.0548. The normalized spacial score (nSPS) is 20.6. The zero-order valence-electron chi connectivity index (χ0n) is 10.8.